The molecule has 0 radical (unpaired) electrons. The van der Waals surface area contributed by atoms with Crippen molar-refractivity contribution >= 4 is 12.0 Å². The van der Waals surface area contributed by atoms with Gasteiger partial charge < -0.3 is 24.0 Å². The molecule has 4 rings (SSSR count). The van der Waals surface area contributed by atoms with Gasteiger partial charge in [0.25, 0.3) is 0 Å². The Labute approximate surface area is 205 Å². The first kappa shape index (κ1) is 25.7. The van der Waals surface area contributed by atoms with Crippen LogP contribution in [0.3, 0.4) is 0 Å². The molecule has 194 valence electrons. The van der Waals surface area contributed by atoms with Crippen molar-refractivity contribution in [3.8, 4) is 0 Å². The van der Waals surface area contributed by atoms with Gasteiger partial charge in [-0.25, -0.2) is 4.79 Å². The van der Waals surface area contributed by atoms with E-state index in [0.717, 1.165) is 38.7 Å². The van der Waals surface area contributed by atoms with E-state index in [0.29, 0.717) is 43.4 Å². The van der Waals surface area contributed by atoms with Crippen molar-refractivity contribution in [2.45, 2.75) is 97.4 Å². The van der Waals surface area contributed by atoms with Crippen molar-refractivity contribution in [2.24, 2.45) is 29.1 Å². The molecule has 0 N–H and O–H groups in total. The Bertz CT molecular complexity index is 765. The van der Waals surface area contributed by atoms with Gasteiger partial charge in [0.1, 0.15) is 5.60 Å². The van der Waals surface area contributed by atoms with Gasteiger partial charge in [-0.1, -0.05) is 20.8 Å². The minimum absolute atomic E-state index is 0.0508. The van der Waals surface area contributed by atoms with Crippen LogP contribution in [-0.2, 0) is 19.0 Å². The number of methoxy groups -OCH3 is 1. The number of nitrogens with zero attached hydrogens (tertiary/aromatic N) is 2. The molecular formula is C27H46N2O5. The quantitative estimate of drug-likeness (QED) is 0.588. The maximum atomic E-state index is 14.2. The lowest BCUT2D eigenvalue weighted by Gasteiger charge is -2.41. The Kier molecular flexibility index (Phi) is 7.27. The molecule has 2 bridgehead atoms. The highest BCUT2D eigenvalue weighted by atomic mass is 16.6. The van der Waals surface area contributed by atoms with Crippen LogP contribution in [0, 0.1) is 29.1 Å². The predicted molar refractivity (Wildman–Crippen MR) is 130 cm³/mol. The Morgan fingerprint density at radius 3 is 2.38 bits per heavy atom. The summed E-state index contributed by atoms with van der Waals surface area (Å²) in [4.78, 5) is 30.9. The molecule has 3 heterocycles. The zero-order valence-electron chi connectivity index (χ0n) is 22.3. The molecule has 7 nitrogen and oxygen atoms in total. The lowest BCUT2D eigenvalue weighted by molar-refractivity contribution is -0.147. The molecule has 1 aliphatic carbocycles. The Morgan fingerprint density at radius 1 is 1.12 bits per heavy atom. The summed E-state index contributed by atoms with van der Waals surface area (Å²) in [5, 5.41) is 0. The van der Waals surface area contributed by atoms with Crippen molar-refractivity contribution in [1.82, 2.24) is 9.80 Å². The molecule has 3 aliphatic heterocycles. The van der Waals surface area contributed by atoms with Crippen LogP contribution in [0.15, 0.2) is 0 Å². The van der Waals surface area contributed by atoms with Gasteiger partial charge >= 0.3 is 6.09 Å². The summed E-state index contributed by atoms with van der Waals surface area (Å²) >= 11 is 0. The fraction of sp³-hybridized carbons (Fsp3) is 0.926. The molecule has 4 aliphatic rings. The largest absolute Gasteiger partial charge is 0.444 e. The van der Waals surface area contributed by atoms with Crippen LogP contribution in [0.1, 0.15) is 73.6 Å². The lowest BCUT2D eigenvalue weighted by Crippen LogP contribution is -2.55. The molecule has 0 spiro atoms. The molecule has 4 fully saturated rings. The molecule has 0 aromatic heterocycles. The first-order valence-electron chi connectivity index (χ1n) is 13.4. The molecule has 7 atom stereocenters. The van der Waals surface area contributed by atoms with Crippen LogP contribution in [0.2, 0.25) is 0 Å². The third-order valence-corrected chi connectivity index (χ3v) is 9.23. The predicted octanol–water partition coefficient (Wildman–Crippen LogP) is 4.34. The van der Waals surface area contributed by atoms with Gasteiger partial charge in [-0.05, 0) is 70.6 Å². The second kappa shape index (κ2) is 9.61. The topological polar surface area (TPSA) is 68.3 Å². The monoisotopic (exact) mass is 478 g/mol. The van der Waals surface area contributed by atoms with Gasteiger partial charge in [0.2, 0.25) is 5.91 Å². The summed E-state index contributed by atoms with van der Waals surface area (Å²) in [6.07, 6.45) is 5.14. The zero-order valence-corrected chi connectivity index (χ0v) is 22.3. The maximum absolute atomic E-state index is 14.2. The fourth-order valence-corrected chi connectivity index (χ4v) is 7.14. The van der Waals surface area contributed by atoms with E-state index >= 15 is 0 Å². The highest BCUT2D eigenvalue weighted by Gasteiger charge is 2.58. The van der Waals surface area contributed by atoms with Gasteiger partial charge in [-0.15, -0.1) is 0 Å². The minimum atomic E-state index is -0.509. The first-order valence-corrected chi connectivity index (χ1v) is 13.4. The third-order valence-electron chi connectivity index (χ3n) is 9.23. The highest BCUT2D eigenvalue weighted by Crippen LogP contribution is 2.52. The maximum Gasteiger partial charge on any atom is 0.410 e. The SMILES string of the molecule is CO[C@@H]1COCC[C@@H]1C[C@@H]1CC[C@@](C(=O)N2C[C@H]3C(C)[C@@H]2CN3C(=O)OC(C)(C)C)(C(C)C)C1. The van der Waals surface area contributed by atoms with Gasteiger partial charge in [0.05, 0.1) is 30.2 Å². The number of rotatable bonds is 5. The van der Waals surface area contributed by atoms with Crippen molar-refractivity contribution in [3.05, 3.63) is 0 Å². The number of hydrogen-bond acceptors (Lipinski definition) is 5. The van der Waals surface area contributed by atoms with Crippen LogP contribution >= 0.6 is 0 Å². The van der Waals surface area contributed by atoms with Crippen LogP contribution in [0.5, 0.6) is 0 Å². The second-order valence-corrected chi connectivity index (χ2v) is 12.6. The number of likely N-dealkylation sites (tertiary alicyclic amines) is 2. The summed E-state index contributed by atoms with van der Waals surface area (Å²) in [5.74, 6) is 1.98. The van der Waals surface area contributed by atoms with Gasteiger partial charge in [-0.2, -0.15) is 0 Å². The summed E-state index contributed by atoms with van der Waals surface area (Å²) in [5.41, 5.74) is -0.802. The molecular weight excluding hydrogens is 432 g/mol. The second-order valence-electron chi connectivity index (χ2n) is 12.6. The van der Waals surface area contributed by atoms with Crippen molar-refractivity contribution < 1.29 is 23.8 Å². The van der Waals surface area contributed by atoms with E-state index in [1.54, 1.807) is 7.11 Å². The van der Waals surface area contributed by atoms with Gasteiger partial charge in [0.15, 0.2) is 0 Å². The molecule has 2 amide bonds. The number of piperazine rings is 1. The smallest absolute Gasteiger partial charge is 0.410 e. The average molecular weight is 479 g/mol. The van der Waals surface area contributed by atoms with E-state index in [2.05, 4.69) is 25.7 Å². The van der Waals surface area contributed by atoms with Crippen LogP contribution in [0.4, 0.5) is 4.79 Å². The summed E-state index contributed by atoms with van der Waals surface area (Å²) in [6.45, 7) is 15.0. The summed E-state index contributed by atoms with van der Waals surface area (Å²) in [7, 11) is 1.78. The van der Waals surface area contributed by atoms with E-state index in [1.165, 1.54) is 0 Å². The lowest BCUT2D eigenvalue weighted by atomic mass is 9.73. The van der Waals surface area contributed by atoms with Gasteiger partial charge in [-0.3, -0.25) is 4.79 Å². The average Bonchev–Trinajstić information content (AvgIpc) is 3.44. The number of hydrogen-bond donors (Lipinski definition) is 0. The van der Waals surface area contributed by atoms with E-state index in [4.69, 9.17) is 14.2 Å². The summed E-state index contributed by atoms with van der Waals surface area (Å²) in [6, 6.07) is 0.142. The van der Waals surface area contributed by atoms with E-state index in [9.17, 15) is 9.59 Å². The zero-order chi connectivity index (χ0) is 24.8. The van der Waals surface area contributed by atoms with Crippen LogP contribution in [0.25, 0.3) is 0 Å². The normalized spacial score (nSPS) is 38.1. The van der Waals surface area contributed by atoms with E-state index < -0.39 is 5.60 Å². The Hall–Kier alpha value is -1.34. The number of amides is 2. The third kappa shape index (κ3) is 4.71. The number of ether oxygens (including phenoxy) is 3. The number of carbonyl (C=O) groups excluding carboxylic acids is 2. The minimum Gasteiger partial charge on any atom is -0.444 e. The Balaban J connectivity index is 1.43. The molecule has 34 heavy (non-hydrogen) atoms. The number of carbonyl (C=O) groups is 2. The van der Waals surface area contributed by atoms with Crippen molar-refractivity contribution in [2.75, 3.05) is 33.4 Å². The highest BCUT2D eigenvalue weighted by molar-refractivity contribution is 5.85. The summed E-state index contributed by atoms with van der Waals surface area (Å²) < 4.78 is 17.0. The van der Waals surface area contributed by atoms with Crippen molar-refractivity contribution in [3.63, 3.8) is 0 Å². The fourth-order valence-electron chi connectivity index (χ4n) is 7.14. The molecule has 3 saturated heterocycles. The molecule has 7 heteroatoms. The molecule has 0 aromatic rings. The molecule has 0 aromatic carbocycles. The first-order chi connectivity index (χ1) is 16.0. The van der Waals surface area contributed by atoms with Crippen molar-refractivity contribution in [1.29, 1.82) is 0 Å². The van der Waals surface area contributed by atoms with Crippen LogP contribution < -0.4 is 0 Å². The molecule has 1 unspecified atom stereocenters. The molecule has 1 saturated carbocycles. The van der Waals surface area contributed by atoms with Crippen LogP contribution in [-0.4, -0.2) is 79.0 Å². The Morgan fingerprint density at radius 2 is 1.79 bits per heavy atom. The van der Waals surface area contributed by atoms with E-state index in [-0.39, 0.29) is 35.6 Å². The standard InChI is InChI=1S/C27H46N2O5/c1-17(2)27(10-8-19(13-27)12-20-9-11-33-16-23(20)32-7)24(30)28-14-22-18(3)21(28)15-29(22)25(31)34-26(4,5)6/h17-23H,8-16H2,1-7H3/t18?,19-,20+,21-,22-,23+,27-/m0/s1. The number of fused-ring (bicyclic) bond motifs is 2. The van der Waals surface area contributed by atoms with E-state index in [1.807, 2.05) is 25.7 Å². The van der Waals surface area contributed by atoms with Gasteiger partial charge in [0, 0.05) is 32.7 Å².